The number of thiazole rings is 1. The molecule has 0 N–H and O–H groups in total. The quantitative estimate of drug-likeness (QED) is 0.843. The van der Waals surface area contributed by atoms with Gasteiger partial charge in [0, 0.05) is 43.2 Å². The Labute approximate surface area is 144 Å². The third-order valence-electron chi connectivity index (χ3n) is 4.85. The van der Waals surface area contributed by atoms with Crippen molar-refractivity contribution in [3.05, 3.63) is 34.2 Å². The van der Waals surface area contributed by atoms with Crippen LogP contribution in [0.15, 0.2) is 23.6 Å². The van der Waals surface area contributed by atoms with E-state index in [1.165, 1.54) is 5.56 Å². The van der Waals surface area contributed by atoms with Crippen LogP contribution in [-0.2, 0) is 16.0 Å². The van der Waals surface area contributed by atoms with Gasteiger partial charge in [0.25, 0.3) is 0 Å². The van der Waals surface area contributed by atoms with Crippen molar-refractivity contribution >= 4 is 28.8 Å². The summed E-state index contributed by atoms with van der Waals surface area (Å²) in [6.45, 7) is 3.23. The standard InChI is InChI=1S/C18H19N3O2S/c1-11-19-15(10-24-11)12-3-4-16-13(7-12)5-6-21(16)18(23)14-8-17(22)20(2)9-14/h3-4,7,10,14H,5-6,8-9H2,1-2H3. The number of hydrogen-bond acceptors (Lipinski definition) is 4. The zero-order chi connectivity index (χ0) is 16.8. The molecule has 3 heterocycles. The highest BCUT2D eigenvalue weighted by molar-refractivity contribution is 7.09. The number of fused-ring (bicyclic) bond motifs is 1. The van der Waals surface area contributed by atoms with Gasteiger partial charge in [0.2, 0.25) is 11.8 Å². The van der Waals surface area contributed by atoms with Crippen molar-refractivity contribution < 1.29 is 9.59 Å². The maximum Gasteiger partial charge on any atom is 0.232 e. The maximum absolute atomic E-state index is 12.8. The zero-order valence-electron chi connectivity index (χ0n) is 13.8. The van der Waals surface area contributed by atoms with Crippen LogP contribution >= 0.6 is 11.3 Å². The Hall–Kier alpha value is -2.21. The molecule has 0 radical (unpaired) electrons. The minimum Gasteiger partial charge on any atom is -0.345 e. The van der Waals surface area contributed by atoms with Crippen LogP contribution in [-0.4, -0.2) is 41.8 Å². The fraction of sp³-hybridized carbons (Fsp3) is 0.389. The third-order valence-corrected chi connectivity index (χ3v) is 5.62. The molecule has 2 aliphatic rings. The number of benzene rings is 1. The summed E-state index contributed by atoms with van der Waals surface area (Å²) in [6, 6.07) is 6.19. The van der Waals surface area contributed by atoms with Crippen LogP contribution in [0, 0.1) is 12.8 Å². The Bertz CT molecular complexity index is 829. The number of nitrogens with zero attached hydrogens (tertiary/aromatic N) is 3. The van der Waals surface area contributed by atoms with Crippen LogP contribution in [0.5, 0.6) is 0 Å². The van der Waals surface area contributed by atoms with E-state index >= 15 is 0 Å². The molecule has 1 aromatic heterocycles. The number of carbonyl (C=O) groups is 2. The Morgan fingerprint density at radius 3 is 2.88 bits per heavy atom. The summed E-state index contributed by atoms with van der Waals surface area (Å²) in [4.78, 5) is 32.5. The number of aromatic nitrogens is 1. The van der Waals surface area contributed by atoms with E-state index in [-0.39, 0.29) is 17.7 Å². The predicted molar refractivity (Wildman–Crippen MR) is 94.1 cm³/mol. The van der Waals surface area contributed by atoms with Crippen molar-refractivity contribution in [2.24, 2.45) is 5.92 Å². The SMILES string of the molecule is Cc1nc(-c2ccc3c(c2)CCN3C(=O)C2CC(=O)N(C)C2)cs1. The van der Waals surface area contributed by atoms with Gasteiger partial charge in [-0.2, -0.15) is 0 Å². The molecule has 24 heavy (non-hydrogen) atoms. The first-order valence-electron chi connectivity index (χ1n) is 8.13. The molecule has 0 saturated carbocycles. The molecule has 2 aromatic rings. The van der Waals surface area contributed by atoms with Crippen molar-refractivity contribution in [2.75, 3.05) is 25.0 Å². The molecule has 1 fully saturated rings. The van der Waals surface area contributed by atoms with Crippen LogP contribution in [0.3, 0.4) is 0 Å². The van der Waals surface area contributed by atoms with Crippen LogP contribution in [0.25, 0.3) is 11.3 Å². The van der Waals surface area contributed by atoms with Gasteiger partial charge < -0.3 is 9.80 Å². The van der Waals surface area contributed by atoms with E-state index in [0.717, 1.165) is 28.4 Å². The highest BCUT2D eigenvalue weighted by Crippen LogP contribution is 2.34. The fourth-order valence-electron chi connectivity index (χ4n) is 3.54. The summed E-state index contributed by atoms with van der Waals surface area (Å²) in [7, 11) is 1.76. The summed E-state index contributed by atoms with van der Waals surface area (Å²) < 4.78 is 0. The molecule has 124 valence electrons. The minimum absolute atomic E-state index is 0.0574. The van der Waals surface area contributed by atoms with Gasteiger partial charge in [-0.25, -0.2) is 4.98 Å². The van der Waals surface area contributed by atoms with Gasteiger partial charge in [-0.3, -0.25) is 9.59 Å². The van der Waals surface area contributed by atoms with Crippen molar-refractivity contribution in [3.63, 3.8) is 0 Å². The summed E-state index contributed by atoms with van der Waals surface area (Å²) in [5, 5.41) is 3.12. The summed E-state index contributed by atoms with van der Waals surface area (Å²) in [5.41, 5.74) is 4.26. The van der Waals surface area contributed by atoms with E-state index in [2.05, 4.69) is 16.4 Å². The molecule has 6 heteroatoms. The number of hydrogen-bond donors (Lipinski definition) is 0. The molecule has 2 amide bonds. The average Bonchev–Trinajstić information content (AvgIpc) is 3.26. The maximum atomic E-state index is 12.8. The van der Waals surface area contributed by atoms with E-state index in [4.69, 9.17) is 0 Å². The second kappa shape index (κ2) is 5.70. The monoisotopic (exact) mass is 341 g/mol. The van der Waals surface area contributed by atoms with E-state index < -0.39 is 0 Å². The lowest BCUT2D eigenvalue weighted by atomic mass is 10.1. The highest BCUT2D eigenvalue weighted by Gasteiger charge is 2.37. The molecule has 1 unspecified atom stereocenters. The molecule has 1 atom stereocenters. The molecule has 1 aromatic carbocycles. The molecule has 0 aliphatic carbocycles. The first-order chi connectivity index (χ1) is 11.5. The van der Waals surface area contributed by atoms with E-state index in [9.17, 15) is 9.59 Å². The number of carbonyl (C=O) groups excluding carboxylic acids is 2. The predicted octanol–water partition coefficient (Wildman–Crippen LogP) is 2.49. The van der Waals surface area contributed by atoms with Gasteiger partial charge in [-0.1, -0.05) is 6.07 Å². The van der Waals surface area contributed by atoms with Crippen LogP contribution in [0.2, 0.25) is 0 Å². The first kappa shape index (κ1) is 15.3. The molecule has 0 spiro atoms. The van der Waals surface area contributed by atoms with E-state index in [1.54, 1.807) is 23.3 Å². The second-order valence-electron chi connectivity index (χ2n) is 6.51. The van der Waals surface area contributed by atoms with Crippen molar-refractivity contribution in [3.8, 4) is 11.3 Å². The fourth-order valence-corrected chi connectivity index (χ4v) is 4.16. The average molecular weight is 341 g/mol. The minimum atomic E-state index is -0.214. The highest BCUT2D eigenvalue weighted by atomic mass is 32.1. The van der Waals surface area contributed by atoms with Crippen molar-refractivity contribution in [1.82, 2.24) is 9.88 Å². The number of anilines is 1. The number of amides is 2. The molecular weight excluding hydrogens is 322 g/mol. The van der Waals surface area contributed by atoms with Crippen LogP contribution < -0.4 is 4.90 Å². The van der Waals surface area contributed by atoms with Gasteiger partial charge in [0.15, 0.2) is 0 Å². The lowest BCUT2D eigenvalue weighted by molar-refractivity contribution is -0.127. The second-order valence-corrected chi connectivity index (χ2v) is 7.57. The van der Waals surface area contributed by atoms with Crippen LogP contribution in [0.4, 0.5) is 5.69 Å². The Morgan fingerprint density at radius 2 is 2.21 bits per heavy atom. The van der Waals surface area contributed by atoms with Crippen molar-refractivity contribution in [2.45, 2.75) is 19.8 Å². The van der Waals surface area contributed by atoms with Gasteiger partial charge in [0.05, 0.1) is 16.6 Å². The van der Waals surface area contributed by atoms with E-state index in [1.807, 2.05) is 24.0 Å². The zero-order valence-corrected chi connectivity index (χ0v) is 14.6. The Balaban J connectivity index is 1.58. The molecule has 2 aliphatic heterocycles. The number of likely N-dealkylation sites (tertiary alicyclic amines) is 1. The molecular formula is C18H19N3O2S. The first-order valence-corrected chi connectivity index (χ1v) is 9.01. The topological polar surface area (TPSA) is 53.5 Å². The van der Waals surface area contributed by atoms with E-state index in [0.29, 0.717) is 19.5 Å². The molecule has 4 rings (SSSR count). The van der Waals surface area contributed by atoms with Gasteiger partial charge in [-0.05, 0) is 31.0 Å². The summed E-state index contributed by atoms with van der Waals surface area (Å²) >= 11 is 1.64. The lowest BCUT2D eigenvalue weighted by Crippen LogP contribution is -2.35. The largest absolute Gasteiger partial charge is 0.345 e. The Kier molecular flexibility index (Phi) is 3.64. The molecule has 1 saturated heterocycles. The van der Waals surface area contributed by atoms with Crippen LogP contribution in [0.1, 0.15) is 17.0 Å². The van der Waals surface area contributed by atoms with Crippen molar-refractivity contribution in [1.29, 1.82) is 0 Å². The smallest absolute Gasteiger partial charge is 0.232 e. The van der Waals surface area contributed by atoms with Gasteiger partial charge in [-0.15, -0.1) is 11.3 Å². The number of rotatable bonds is 2. The van der Waals surface area contributed by atoms with Gasteiger partial charge in [0.1, 0.15) is 0 Å². The normalized spacial score (nSPS) is 19.9. The lowest BCUT2D eigenvalue weighted by Gasteiger charge is -2.21. The summed E-state index contributed by atoms with van der Waals surface area (Å²) in [5.74, 6) is -0.0833. The molecule has 5 nitrogen and oxygen atoms in total. The summed E-state index contributed by atoms with van der Waals surface area (Å²) in [6.07, 6.45) is 1.19. The molecule has 0 bridgehead atoms. The Morgan fingerprint density at radius 1 is 1.38 bits per heavy atom. The number of aryl methyl sites for hydroxylation is 1. The van der Waals surface area contributed by atoms with Gasteiger partial charge >= 0.3 is 0 Å². The third kappa shape index (κ3) is 2.51.